The summed E-state index contributed by atoms with van der Waals surface area (Å²) in [7, 11) is 0. The fourth-order valence-corrected chi connectivity index (χ4v) is 3.63. The second-order valence-electron chi connectivity index (χ2n) is 7.51. The molecule has 0 N–H and O–H groups in total. The van der Waals surface area contributed by atoms with Crippen LogP contribution in [0.1, 0.15) is 21.7 Å². The van der Waals surface area contributed by atoms with E-state index in [0.29, 0.717) is 37.5 Å². The van der Waals surface area contributed by atoms with E-state index in [1.807, 2.05) is 19.1 Å². The molecule has 0 bridgehead atoms. The van der Waals surface area contributed by atoms with E-state index in [4.69, 9.17) is 4.74 Å². The van der Waals surface area contributed by atoms with Crippen molar-refractivity contribution in [3.8, 4) is 0 Å². The number of alkyl halides is 3. The Bertz CT molecular complexity index is 1150. The molecule has 2 aromatic heterocycles. The van der Waals surface area contributed by atoms with Gasteiger partial charge in [0.2, 0.25) is 0 Å². The first-order valence-electron chi connectivity index (χ1n) is 10.0. The van der Waals surface area contributed by atoms with E-state index >= 15 is 0 Å². The summed E-state index contributed by atoms with van der Waals surface area (Å²) >= 11 is 0. The molecule has 1 aromatic carbocycles. The number of rotatable bonds is 4. The maximum Gasteiger partial charge on any atom is 0.416 e. The van der Waals surface area contributed by atoms with Gasteiger partial charge in [-0.25, -0.2) is 9.78 Å². The SMILES string of the molecule is Cc1cccc2nc(C(=O)OCC(=O)N3CCN(c4cccc(C(F)(F)F)c4)CC3)cn12. The van der Waals surface area contributed by atoms with Crippen LogP contribution < -0.4 is 4.90 Å². The molecule has 0 spiro atoms. The molecule has 0 unspecified atom stereocenters. The number of ether oxygens (including phenoxy) is 1. The molecule has 7 nitrogen and oxygen atoms in total. The van der Waals surface area contributed by atoms with E-state index in [1.165, 1.54) is 11.0 Å². The van der Waals surface area contributed by atoms with Gasteiger partial charge in [-0.05, 0) is 37.3 Å². The summed E-state index contributed by atoms with van der Waals surface area (Å²) in [6.07, 6.45) is -2.84. The number of carbonyl (C=O) groups excluding carboxylic acids is 2. The summed E-state index contributed by atoms with van der Waals surface area (Å²) in [5.41, 5.74) is 1.38. The lowest BCUT2D eigenvalue weighted by atomic mass is 10.1. The number of aromatic nitrogens is 2. The molecule has 0 aliphatic carbocycles. The minimum absolute atomic E-state index is 0.112. The van der Waals surface area contributed by atoms with Gasteiger partial charge in [-0.2, -0.15) is 13.2 Å². The fraction of sp³-hybridized carbons (Fsp3) is 0.318. The Hall–Kier alpha value is -3.56. The van der Waals surface area contributed by atoms with Crippen LogP contribution in [-0.2, 0) is 15.7 Å². The molecule has 1 fully saturated rings. The quantitative estimate of drug-likeness (QED) is 0.576. The highest BCUT2D eigenvalue weighted by molar-refractivity contribution is 5.90. The normalized spacial score (nSPS) is 14.6. The van der Waals surface area contributed by atoms with Crippen molar-refractivity contribution in [2.24, 2.45) is 0 Å². The molecule has 3 aromatic rings. The third-order valence-electron chi connectivity index (χ3n) is 5.40. The van der Waals surface area contributed by atoms with Crippen molar-refractivity contribution in [3.05, 3.63) is 65.6 Å². The third-order valence-corrected chi connectivity index (χ3v) is 5.40. The Labute approximate surface area is 182 Å². The van der Waals surface area contributed by atoms with Crippen molar-refractivity contribution >= 4 is 23.2 Å². The van der Waals surface area contributed by atoms with Crippen LogP contribution in [0.25, 0.3) is 5.65 Å². The van der Waals surface area contributed by atoms with Crippen molar-refractivity contribution in [1.82, 2.24) is 14.3 Å². The number of nitrogens with zero attached hydrogens (tertiary/aromatic N) is 4. The number of imidazole rings is 1. The van der Waals surface area contributed by atoms with Gasteiger partial charge in [0.1, 0.15) is 5.65 Å². The van der Waals surface area contributed by atoms with Crippen LogP contribution >= 0.6 is 0 Å². The first kappa shape index (κ1) is 21.7. The van der Waals surface area contributed by atoms with Gasteiger partial charge in [0.15, 0.2) is 12.3 Å². The molecule has 32 heavy (non-hydrogen) atoms. The summed E-state index contributed by atoms with van der Waals surface area (Å²) in [6, 6.07) is 10.6. The molecule has 1 aliphatic heterocycles. The fourth-order valence-electron chi connectivity index (χ4n) is 3.63. The zero-order valence-electron chi connectivity index (χ0n) is 17.3. The van der Waals surface area contributed by atoms with Gasteiger partial charge in [0.05, 0.1) is 5.56 Å². The Morgan fingerprint density at radius 3 is 2.47 bits per heavy atom. The minimum Gasteiger partial charge on any atom is -0.451 e. The number of piperazine rings is 1. The number of aryl methyl sites for hydroxylation is 1. The van der Waals surface area contributed by atoms with Crippen LogP contribution in [0.4, 0.5) is 18.9 Å². The molecule has 0 saturated carbocycles. The standard InChI is InChI=1S/C22H21F3N4O3/c1-15-4-2-7-19-26-18(13-29(15)19)21(31)32-14-20(30)28-10-8-27(9-11-28)17-6-3-5-16(12-17)22(23,24)25/h2-7,12-13H,8-11,14H2,1H3. The smallest absolute Gasteiger partial charge is 0.416 e. The van der Waals surface area contributed by atoms with Crippen LogP contribution in [0.2, 0.25) is 0 Å². The summed E-state index contributed by atoms with van der Waals surface area (Å²) in [6.45, 7) is 2.86. The van der Waals surface area contributed by atoms with E-state index in [9.17, 15) is 22.8 Å². The minimum atomic E-state index is -4.41. The summed E-state index contributed by atoms with van der Waals surface area (Å²) in [4.78, 5) is 32.3. The zero-order chi connectivity index (χ0) is 22.9. The van der Waals surface area contributed by atoms with E-state index < -0.39 is 24.3 Å². The predicted octanol–water partition coefficient (Wildman–Crippen LogP) is 3.17. The molecule has 1 saturated heterocycles. The molecule has 168 valence electrons. The number of esters is 1. The number of halogens is 3. The molecule has 3 heterocycles. The second kappa shape index (κ2) is 8.52. The molecule has 0 radical (unpaired) electrons. The number of amides is 1. The van der Waals surface area contributed by atoms with Gasteiger partial charge < -0.3 is 18.9 Å². The van der Waals surface area contributed by atoms with Crippen LogP contribution in [0.3, 0.4) is 0 Å². The summed E-state index contributed by atoms with van der Waals surface area (Å²) in [5.74, 6) is -1.05. The number of pyridine rings is 1. The monoisotopic (exact) mass is 446 g/mol. The maximum atomic E-state index is 12.9. The Balaban J connectivity index is 1.31. The molecule has 1 aliphatic rings. The Morgan fingerprint density at radius 2 is 1.78 bits per heavy atom. The van der Waals surface area contributed by atoms with Gasteiger partial charge >= 0.3 is 12.1 Å². The number of hydrogen-bond donors (Lipinski definition) is 0. The van der Waals surface area contributed by atoms with E-state index in [-0.39, 0.29) is 11.6 Å². The highest BCUT2D eigenvalue weighted by Crippen LogP contribution is 2.31. The predicted molar refractivity (Wildman–Crippen MR) is 110 cm³/mol. The molecular formula is C22H21F3N4O3. The van der Waals surface area contributed by atoms with Gasteiger partial charge in [0.25, 0.3) is 5.91 Å². The molecule has 4 rings (SSSR count). The lowest BCUT2D eigenvalue weighted by molar-refractivity contribution is -0.137. The summed E-state index contributed by atoms with van der Waals surface area (Å²) < 4.78 is 45.7. The highest BCUT2D eigenvalue weighted by atomic mass is 19.4. The van der Waals surface area contributed by atoms with Crippen LogP contribution in [-0.4, -0.2) is 58.9 Å². The van der Waals surface area contributed by atoms with Gasteiger partial charge in [-0.1, -0.05) is 12.1 Å². The van der Waals surface area contributed by atoms with Crippen LogP contribution in [0, 0.1) is 6.92 Å². The lowest BCUT2D eigenvalue weighted by Gasteiger charge is -2.36. The molecule has 10 heteroatoms. The average Bonchev–Trinajstić information content (AvgIpc) is 3.23. The molecule has 1 amide bonds. The largest absolute Gasteiger partial charge is 0.451 e. The van der Waals surface area contributed by atoms with Crippen molar-refractivity contribution in [3.63, 3.8) is 0 Å². The van der Waals surface area contributed by atoms with Crippen LogP contribution in [0.5, 0.6) is 0 Å². The maximum absolute atomic E-state index is 12.9. The first-order valence-corrected chi connectivity index (χ1v) is 10.0. The lowest BCUT2D eigenvalue weighted by Crippen LogP contribution is -2.50. The van der Waals surface area contributed by atoms with Gasteiger partial charge in [-0.3, -0.25) is 4.79 Å². The summed E-state index contributed by atoms with van der Waals surface area (Å²) in [5, 5.41) is 0. The van der Waals surface area contributed by atoms with Gasteiger partial charge in [-0.15, -0.1) is 0 Å². The van der Waals surface area contributed by atoms with E-state index in [2.05, 4.69) is 4.98 Å². The topological polar surface area (TPSA) is 67.2 Å². The Morgan fingerprint density at radius 1 is 1.06 bits per heavy atom. The first-order chi connectivity index (χ1) is 15.2. The van der Waals surface area contributed by atoms with Crippen molar-refractivity contribution in [2.75, 3.05) is 37.7 Å². The van der Waals surface area contributed by atoms with Gasteiger partial charge in [0, 0.05) is 43.8 Å². The highest BCUT2D eigenvalue weighted by Gasteiger charge is 2.31. The number of benzene rings is 1. The van der Waals surface area contributed by atoms with E-state index in [0.717, 1.165) is 17.8 Å². The average molecular weight is 446 g/mol. The molecule has 0 atom stereocenters. The van der Waals surface area contributed by atoms with Crippen molar-refractivity contribution in [1.29, 1.82) is 0 Å². The van der Waals surface area contributed by atoms with E-state index in [1.54, 1.807) is 27.6 Å². The number of anilines is 1. The molecular weight excluding hydrogens is 425 g/mol. The number of hydrogen-bond acceptors (Lipinski definition) is 5. The number of fused-ring (bicyclic) bond motifs is 1. The van der Waals surface area contributed by atoms with Crippen molar-refractivity contribution < 1.29 is 27.5 Å². The number of carbonyl (C=O) groups is 2. The van der Waals surface area contributed by atoms with Crippen LogP contribution in [0.15, 0.2) is 48.7 Å². The zero-order valence-corrected chi connectivity index (χ0v) is 17.3. The van der Waals surface area contributed by atoms with Crippen molar-refractivity contribution in [2.45, 2.75) is 13.1 Å². The Kier molecular flexibility index (Phi) is 5.77. The third kappa shape index (κ3) is 4.53. The second-order valence-corrected chi connectivity index (χ2v) is 7.51.